The highest BCUT2D eigenvalue weighted by atomic mass is 16.7. The topological polar surface area (TPSA) is 134 Å². The quantitative estimate of drug-likeness (QED) is 0.564. The number of carbonyl (C=O) groups excluding carboxylic acids is 1. The van der Waals surface area contributed by atoms with E-state index >= 15 is 0 Å². The molecule has 0 radical (unpaired) electrons. The number of ether oxygens (including phenoxy) is 2. The number of aliphatic hydroxyl groups is 3. The van der Waals surface area contributed by atoms with Crippen molar-refractivity contribution in [3.05, 3.63) is 42.0 Å². The largest absolute Gasteiger partial charge is 0.479 e. The Kier molecular flexibility index (Phi) is 5.95. The van der Waals surface area contributed by atoms with Crippen molar-refractivity contribution in [2.24, 2.45) is 0 Å². The first-order valence-corrected chi connectivity index (χ1v) is 8.87. The maximum absolute atomic E-state index is 11.2. The standard InChI is InChI=1S/C20H22O8/c1-10(21)2-3-11-4-5-13-9-14(7-6-12(13)8-11)27-20-17(24)15(22)16(23)18(28-20)19(25)26/h4-9,15-18,20,22-24H,2-3H2,1H3,(H,25,26). The van der Waals surface area contributed by atoms with Gasteiger partial charge in [0.15, 0.2) is 6.10 Å². The minimum Gasteiger partial charge on any atom is -0.479 e. The number of Topliss-reactive ketones (excluding diaryl/α,β-unsaturated/α-hetero) is 1. The minimum atomic E-state index is -1.77. The van der Waals surface area contributed by atoms with Crippen molar-refractivity contribution >= 4 is 22.5 Å². The van der Waals surface area contributed by atoms with E-state index in [4.69, 9.17) is 14.6 Å². The molecule has 150 valence electrons. The molecule has 3 rings (SSSR count). The second-order valence-electron chi connectivity index (χ2n) is 6.90. The van der Waals surface area contributed by atoms with Crippen LogP contribution in [-0.2, 0) is 20.7 Å². The van der Waals surface area contributed by atoms with Gasteiger partial charge in [-0.05, 0) is 41.8 Å². The Balaban J connectivity index is 1.77. The monoisotopic (exact) mass is 390 g/mol. The smallest absolute Gasteiger partial charge is 0.335 e. The van der Waals surface area contributed by atoms with Crippen LogP contribution in [0.15, 0.2) is 36.4 Å². The van der Waals surface area contributed by atoms with E-state index in [-0.39, 0.29) is 5.78 Å². The maximum Gasteiger partial charge on any atom is 0.335 e. The second-order valence-corrected chi connectivity index (χ2v) is 6.90. The van der Waals surface area contributed by atoms with Crippen LogP contribution in [0.4, 0.5) is 0 Å². The molecule has 1 saturated heterocycles. The van der Waals surface area contributed by atoms with Crippen LogP contribution in [0.1, 0.15) is 18.9 Å². The molecule has 8 nitrogen and oxygen atoms in total. The molecule has 1 aliphatic rings. The number of rotatable bonds is 6. The number of carbonyl (C=O) groups is 2. The zero-order valence-corrected chi connectivity index (χ0v) is 15.2. The molecule has 0 amide bonds. The molecule has 1 fully saturated rings. The van der Waals surface area contributed by atoms with Crippen LogP contribution < -0.4 is 4.74 Å². The van der Waals surface area contributed by atoms with Gasteiger partial charge in [-0.1, -0.05) is 24.3 Å². The lowest BCUT2D eigenvalue weighted by Gasteiger charge is -2.38. The highest BCUT2D eigenvalue weighted by molar-refractivity contribution is 5.84. The first-order chi connectivity index (χ1) is 13.3. The molecule has 28 heavy (non-hydrogen) atoms. The van der Waals surface area contributed by atoms with Gasteiger partial charge in [-0.3, -0.25) is 0 Å². The van der Waals surface area contributed by atoms with Gasteiger partial charge in [-0.2, -0.15) is 0 Å². The number of carboxylic acid groups (broad SMARTS) is 1. The number of hydrogen-bond donors (Lipinski definition) is 4. The Morgan fingerprint density at radius 2 is 1.68 bits per heavy atom. The van der Waals surface area contributed by atoms with E-state index < -0.39 is 36.7 Å². The third-order valence-electron chi connectivity index (χ3n) is 4.71. The Bertz CT molecular complexity index is 880. The lowest BCUT2D eigenvalue weighted by molar-refractivity contribution is -0.271. The van der Waals surface area contributed by atoms with Gasteiger partial charge in [-0.25, -0.2) is 4.79 Å². The molecule has 0 spiro atoms. The third-order valence-corrected chi connectivity index (χ3v) is 4.71. The Labute approximate surface area is 160 Å². The van der Waals surface area contributed by atoms with Crippen LogP contribution in [-0.4, -0.2) is 62.9 Å². The van der Waals surface area contributed by atoms with Crippen LogP contribution in [0.2, 0.25) is 0 Å². The summed E-state index contributed by atoms with van der Waals surface area (Å²) >= 11 is 0. The van der Waals surface area contributed by atoms with Crippen molar-refractivity contribution in [2.45, 2.75) is 50.5 Å². The van der Waals surface area contributed by atoms with E-state index in [1.54, 1.807) is 25.1 Å². The van der Waals surface area contributed by atoms with Crippen molar-refractivity contribution < 1.29 is 39.5 Å². The molecular weight excluding hydrogens is 368 g/mol. The highest BCUT2D eigenvalue weighted by Gasteiger charge is 2.48. The van der Waals surface area contributed by atoms with Gasteiger partial charge in [-0.15, -0.1) is 0 Å². The van der Waals surface area contributed by atoms with Gasteiger partial charge in [0.05, 0.1) is 0 Å². The number of hydrogen-bond acceptors (Lipinski definition) is 7. The van der Waals surface area contributed by atoms with Crippen molar-refractivity contribution in [2.75, 3.05) is 0 Å². The van der Waals surface area contributed by atoms with Gasteiger partial charge >= 0.3 is 5.97 Å². The number of fused-ring (bicyclic) bond motifs is 1. The summed E-state index contributed by atoms with van der Waals surface area (Å²) in [5.41, 5.74) is 1.03. The Morgan fingerprint density at radius 3 is 2.36 bits per heavy atom. The molecule has 0 bridgehead atoms. The van der Waals surface area contributed by atoms with Gasteiger partial charge in [0, 0.05) is 6.42 Å². The van der Waals surface area contributed by atoms with E-state index in [0.29, 0.717) is 18.6 Å². The van der Waals surface area contributed by atoms with Gasteiger partial charge in [0.1, 0.15) is 29.8 Å². The van der Waals surface area contributed by atoms with E-state index in [1.165, 1.54) is 0 Å². The van der Waals surface area contributed by atoms with Crippen LogP contribution in [0, 0.1) is 0 Å². The summed E-state index contributed by atoms with van der Waals surface area (Å²) in [6.07, 6.45) is -7.14. The number of aliphatic hydroxyl groups excluding tert-OH is 3. The van der Waals surface area contributed by atoms with E-state index in [2.05, 4.69) is 0 Å². The number of carboxylic acids is 1. The van der Waals surface area contributed by atoms with Crippen LogP contribution in [0.3, 0.4) is 0 Å². The minimum absolute atomic E-state index is 0.127. The summed E-state index contributed by atoms with van der Waals surface area (Å²) in [7, 11) is 0. The first-order valence-electron chi connectivity index (χ1n) is 8.87. The fourth-order valence-electron chi connectivity index (χ4n) is 3.11. The maximum atomic E-state index is 11.2. The molecule has 0 saturated carbocycles. The predicted octanol–water partition coefficient (Wildman–Crippen LogP) is 0.632. The lowest BCUT2D eigenvalue weighted by Crippen LogP contribution is -2.61. The summed E-state index contributed by atoms with van der Waals surface area (Å²) in [5, 5.41) is 40.5. The summed E-state index contributed by atoms with van der Waals surface area (Å²) in [6.45, 7) is 1.55. The van der Waals surface area contributed by atoms with Gasteiger partial charge in [0.25, 0.3) is 0 Å². The number of aryl methyl sites for hydroxylation is 1. The van der Waals surface area contributed by atoms with Crippen LogP contribution in [0.25, 0.3) is 10.8 Å². The number of benzene rings is 2. The molecule has 0 aliphatic carbocycles. The molecule has 0 aromatic heterocycles. The van der Waals surface area contributed by atoms with E-state index in [9.17, 15) is 24.9 Å². The van der Waals surface area contributed by atoms with Crippen molar-refractivity contribution in [1.82, 2.24) is 0 Å². The molecular formula is C20H22O8. The molecule has 4 N–H and O–H groups in total. The molecule has 5 unspecified atom stereocenters. The van der Waals surface area contributed by atoms with Crippen LogP contribution in [0.5, 0.6) is 5.75 Å². The Hall–Kier alpha value is -2.52. The zero-order chi connectivity index (χ0) is 20.4. The predicted molar refractivity (Wildman–Crippen MR) is 97.9 cm³/mol. The molecule has 2 aromatic rings. The van der Waals surface area contributed by atoms with Crippen molar-refractivity contribution in [1.29, 1.82) is 0 Å². The van der Waals surface area contributed by atoms with Gasteiger partial charge < -0.3 is 34.7 Å². The van der Waals surface area contributed by atoms with E-state index in [1.807, 2.05) is 18.2 Å². The third kappa shape index (κ3) is 4.31. The fraction of sp³-hybridized carbons (Fsp3) is 0.400. The Morgan fingerprint density at radius 1 is 1.00 bits per heavy atom. The van der Waals surface area contributed by atoms with E-state index in [0.717, 1.165) is 16.3 Å². The summed E-state index contributed by atoms with van der Waals surface area (Å²) < 4.78 is 10.7. The number of ketones is 1. The first kappa shape index (κ1) is 20.2. The average molecular weight is 390 g/mol. The van der Waals surface area contributed by atoms with Crippen LogP contribution >= 0.6 is 0 Å². The fourth-order valence-corrected chi connectivity index (χ4v) is 3.11. The molecule has 2 aromatic carbocycles. The lowest BCUT2D eigenvalue weighted by atomic mass is 9.99. The second kappa shape index (κ2) is 8.24. The SMILES string of the molecule is CC(=O)CCc1ccc2cc(OC3OC(C(=O)O)C(O)C(O)C3O)ccc2c1. The number of aliphatic carboxylic acids is 1. The molecule has 1 aliphatic heterocycles. The molecule has 5 atom stereocenters. The normalized spacial score (nSPS) is 27.5. The summed E-state index contributed by atoms with van der Waals surface area (Å²) in [4.78, 5) is 22.3. The zero-order valence-electron chi connectivity index (χ0n) is 15.2. The van der Waals surface area contributed by atoms with Crippen molar-refractivity contribution in [3.63, 3.8) is 0 Å². The van der Waals surface area contributed by atoms with Gasteiger partial charge in [0.2, 0.25) is 6.29 Å². The molecule has 8 heteroatoms. The summed E-state index contributed by atoms with van der Waals surface area (Å²) in [6, 6.07) is 10.8. The molecule has 1 heterocycles. The average Bonchev–Trinajstić information content (AvgIpc) is 2.66. The summed E-state index contributed by atoms with van der Waals surface area (Å²) in [5.74, 6) is -1.04. The highest BCUT2D eigenvalue weighted by Crippen LogP contribution is 2.27. The van der Waals surface area contributed by atoms with Crippen molar-refractivity contribution in [3.8, 4) is 5.75 Å².